The van der Waals surface area contributed by atoms with E-state index in [9.17, 15) is 8.78 Å². The monoisotopic (exact) mass is 289 g/mol. The minimum Gasteiger partial charge on any atom is -0.375 e. The molecule has 0 bridgehead atoms. The van der Waals surface area contributed by atoms with Crippen molar-refractivity contribution in [3.63, 3.8) is 0 Å². The number of rotatable bonds is 4. The Balaban J connectivity index is 1.61. The molecule has 1 atom stereocenters. The van der Waals surface area contributed by atoms with Crippen molar-refractivity contribution < 1.29 is 13.5 Å². The van der Waals surface area contributed by atoms with Gasteiger partial charge in [0.15, 0.2) is 0 Å². The second-order valence-corrected chi connectivity index (χ2v) is 5.25. The van der Waals surface area contributed by atoms with Gasteiger partial charge >= 0.3 is 0 Å². The van der Waals surface area contributed by atoms with E-state index in [1.54, 1.807) is 0 Å². The average molecular weight is 289 g/mol. The van der Waals surface area contributed by atoms with Gasteiger partial charge in [-0.15, -0.1) is 0 Å². The molecule has 3 rings (SSSR count). The average Bonchev–Trinajstić information content (AvgIpc) is 2.46. The van der Waals surface area contributed by atoms with Gasteiger partial charge in [0.2, 0.25) is 0 Å². The Hall–Kier alpha value is -1.78. The molecule has 0 fully saturated rings. The van der Waals surface area contributed by atoms with Crippen LogP contribution in [0, 0.1) is 11.6 Å². The van der Waals surface area contributed by atoms with E-state index >= 15 is 0 Å². The molecular weight excluding hydrogens is 272 g/mol. The predicted molar refractivity (Wildman–Crippen MR) is 76.9 cm³/mol. The van der Waals surface area contributed by atoms with Gasteiger partial charge in [-0.2, -0.15) is 0 Å². The molecule has 1 N–H and O–H groups in total. The SMILES string of the molecule is Fc1cc(F)cc(CCNC2COCc3ccccc32)c1. The highest BCUT2D eigenvalue weighted by atomic mass is 19.1. The molecule has 0 saturated heterocycles. The molecular formula is C17H17F2NO. The molecule has 2 aromatic carbocycles. The number of fused-ring (bicyclic) bond motifs is 1. The molecule has 0 radical (unpaired) electrons. The Morgan fingerprint density at radius 3 is 2.67 bits per heavy atom. The smallest absolute Gasteiger partial charge is 0.126 e. The molecule has 2 aromatic rings. The molecule has 0 saturated carbocycles. The van der Waals surface area contributed by atoms with Crippen molar-refractivity contribution in [2.75, 3.05) is 13.2 Å². The summed E-state index contributed by atoms with van der Waals surface area (Å²) in [6, 6.07) is 11.9. The van der Waals surface area contributed by atoms with Gasteiger partial charge in [0.25, 0.3) is 0 Å². The fourth-order valence-corrected chi connectivity index (χ4v) is 2.70. The van der Waals surface area contributed by atoms with Crippen molar-refractivity contribution in [2.45, 2.75) is 19.1 Å². The lowest BCUT2D eigenvalue weighted by Crippen LogP contribution is -2.31. The summed E-state index contributed by atoms with van der Waals surface area (Å²) in [7, 11) is 0. The van der Waals surface area contributed by atoms with E-state index < -0.39 is 11.6 Å². The van der Waals surface area contributed by atoms with E-state index in [0.29, 0.717) is 31.7 Å². The third-order valence-corrected chi connectivity index (χ3v) is 3.70. The maximum Gasteiger partial charge on any atom is 0.126 e. The Bertz CT molecular complexity index is 610. The first-order valence-electron chi connectivity index (χ1n) is 7.06. The van der Waals surface area contributed by atoms with Gasteiger partial charge in [0.05, 0.1) is 19.3 Å². The molecule has 1 aliphatic rings. The second-order valence-electron chi connectivity index (χ2n) is 5.25. The molecule has 0 spiro atoms. The third-order valence-electron chi connectivity index (χ3n) is 3.70. The van der Waals surface area contributed by atoms with Crippen LogP contribution in [0.15, 0.2) is 42.5 Å². The fraction of sp³-hybridized carbons (Fsp3) is 0.294. The first kappa shape index (κ1) is 14.2. The summed E-state index contributed by atoms with van der Waals surface area (Å²) in [4.78, 5) is 0. The highest BCUT2D eigenvalue weighted by Gasteiger charge is 2.19. The third kappa shape index (κ3) is 3.46. The van der Waals surface area contributed by atoms with E-state index in [0.717, 1.165) is 6.07 Å². The Morgan fingerprint density at radius 2 is 1.86 bits per heavy atom. The van der Waals surface area contributed by atoms with Gasteiger partial charge in [-0.25, -0.2) is 8.78 Å². The lowest BCUT2D eigenvalue weighted by molar-refractivity contribution is 0.0824. The quantitative estimate of drug-likeness (QED) is 0.932. The van der Waals surface area contributed by atoms with Crippen molar-refractivity contribution >= 4 is 0 Å². The molecule has 0 aromatic heterocycles. The van der Waals surface area contributed by atoms with Crippen LogP contribution in [0.3, 0.4) is 0 Å². The van der Waals surface area contributed by atoms with Crippen molar-refractivity contribution in [3.8, 4) is 0 Å². The second kappa shape index (κ2) is 6.33. The number of hydrogen-bond acceptors (Lipinski definition) is 2. The molecule has 1 aliphatic heterocycles. The van der Waals surface area contributed by atoms with Crippen molar-refractivity contribution in [3.05, 3.63) is 70.8 Å². The maximum atomic E-state index is 13.1. The summed E-state index contributed by atoms with van der Waals surface area (Å²) < 4.78 is 31.8. The van der Waals surface area contributed by atoms with Gasteiger partial charge in [-0.3, -0.25) is 0 Å². The van der Waals surface area contributed by atoms with Crippen molar-refractivity contribution in [1.82, 2.24) is 5.32 Å². The molecule has 21 heavy (non-hydrogen) atoms. The summed E-state index contributed by atoms with van der Waals surface area (Å²) in [6.07, 6.45) is 0.577. The molecule has 1 heterocycles. The lowest BCUT2D eigenvalue weighted by atomic mass is 9.99. The molecule has 110 valence electrons. The maximum absolute atomic E-state index is 13.1. The van der Waals surface area contributed by atoms with Crippen LogP contribution in [0.5, 0.6) is 0 Å². The zero-order valence-corrected chi connectivity index (χ0v) is 11.6. The van der Waals surface area contributed by atoms with Crippen LogP contribution in [-0.4, -0.2) is 13.2 Å². The zero-order valence-electron chi connectivity index (χ0n) is 11.6. The summed E-state index contributed by atoms with van der Waals surface area (Å²) in [5.74, 6) is -1.06. The van der Waals surface area contributed by atoms with Crippen LogP contribution in [0.25, 0.3) is 0 Å². The topological polar surface area (TPSA) is 21.3 Å². The molecule has 0 amide bonds. The van der Waals surface area contributed by atoms with Gasteiger partial charge < -0.3 is 10.1 Å². The molecule has 2 nitrogen and oxygen atoms in total. The van der Waals surface area contributed by atoms with Crippen LogP contribution in [0.1, 0.15) is 22.7 Å². The zero-order chi connectivity index (χ0) is 14.7. The van der Waals surface area contributed by atoms with Crippen molar-refractivity contribution in [2.24, 2.45) is 0 Å². The van der Waals surface area contributed by atoms with Crippen molar-refractivity contribution in [1.29, 1.82) is 0 Å². The van der Waals surface area contributed by atoms with E-state index in [-0.39, 0.29) is 6.04 Å². The van der Waals surface area contributed by atoms with Crippen LogP contribution in [-0.2, 0) is 17.8 Å². The summed E-state index contributed by atoms with van der Waals surface area (Å²) in [6.45, 7) is 1.91. The van der Waals surface area contributed by atoms with Crippen LogP contribution in [0.4, 0.5) is 8.78 Å². The van der Waals surface area contributed by atoms with E-state index in [1.165, 1.54) is 23.3 Å². The van der Waals surface area contributed by atoms with Crippen LogP contribution >= 0.6 is 0 Å². The number of nitrogens with one attached hydrogen (secondary N) is 1. The lowest BCUT2D eigenvalue weighted by Gasteiger charge is -2.26. The predicted octanol–water partition coefficient (Wildman–Crippen LogP) is 3.37. The number of hydrogen-bond donors (Lipinski definition) is 1. The number of halogens is 2. The highest BCUT2D eigenvalue weighted by molar-refractivity contribution is 5.31. The standard InChI is InChI=1S/C17H17F2NO/c18-14-7-12(8-15(19)9-14)5-6-20-17-11-21-10-13-3-1-2-4-16(13)17/h1-4,7-9,17,20H,5-6,10-11H2. The normalized spacial score (nSPS) is 17.5. The largest absolute Gasteiger partial charge is 0.375 e. The molecule has 1 unspecified atom stereocenters. The highest BCUT2D eigenvalue weighted by Crippen LogP contribution is 2.24. The fourth-order valence-electron chi connectivity index (χ4n) is 2.70. The van der Waals surface area contributed by atoms with Gasteiger partial charge in [-0.05, 0) is 41.8 Å². The number of ether oxygens (including phenoxy) is 1. The Kier molecular flexibility index (Phi) is 4.27. The Morgan fingerprint density at radius 1 is 1.10 bits per heavy atom. The van der Waals surface area contributed by atoms with Crippen LogP contribution in [0.2, 0.25) is 0 Å². The minimum absolute atomic E-state index is 0.133. The van der Waals surface area contributed by atoms with Gasteiger partial charge in [0, 0.05) is 6.07 Å². The molecule has 4 heteroatoms. The summed E-state index contributed by atoms with van der Waals surface area (Å²) >= 11 is 0. The first-order chi connectivity index (χ1) is 10.2. The van der Waals surface area contributed by atoms with E-state index in [2.05, 4.69) is 17.4 Å². The molecule has 0 aliphatic carbocycles. The van der Waals surface area contributed by atoms with Gasteiger partial charge in [0.1, 0.15) is 11.6 Å². The Labute approximate surface area is 122 Å². The van der Waals surface area contributed by atoms with E-state index in [1.807, 2.05) is 12.1 Å². The van der Waals surface area contributed by atoms with E-state index in [4.69, 9.17) is 4.74 Å². The van der Waals surface area contributed by atoms with Gasteiger partial charge in [-0.1, -0.05) is 24.3 Å². The first-order valence-corrected chi connectivity index (χ1v) is 7.06. The number of benzene rings is 2. The minimum atomic E-state index is -0.531. The summed E-state index contributed by atoms with van der Waals surface area (Å²) in [5, 5.41) is 3.40. The van der Waals surface area contributed by atoms with Crippen LogP contribution < -0.4 is 5.32 Å². The summed E-state index contributed by atoms with van der Waals surface area (Å²) in [5.41, 5.74) is 3.09.